The minimum atomic E-state index is -0.742. The van der Waals surface area contributed by atoms with Crippen molar-refractivity contribution in [3.05, 3.63) is 33.1 Å². The van der Waals surface area contributed by atoms with Gasteiger partial charge in [-0.2, -0.15) is 0 Å². The molecule has 0 unspecified atom stereocenters. The second-order valence-electron chi connectivity index (χ2n) is 5.33. The molecule has 7 nitrogen and oxygen atoms in total. The summed E-state index contributed by atoms with van der Waals surface area (Å²) in [5, 5.41) is 8.97. The molecule has 110 valence electrons. The van der Waals surface area contributed by atoms with Crippen LogP contribution in [0.4, 0.5) is 0 Å². The lowest BCUT2D eigenvalue weighted by Gasteiger charge is -2.23. The topological polar surface area (TPSA) is 93.5 Å². The number of aromatic amines is 1. The monoisotopic (exact) mass is 300 g/mol. The molecular formula is C12H16N2O5S. The highest BCUT2D eigenvalue weighted by molar-refractivity contribution is 8.00. The molecular weight excluding hydrogens is 284 g/mol. The van der Waals surface area contributed by atoms with E-state index in [1.165, 1.54) is 28.6 Å². The van der Waals surface area contributed by atoms with Gasteiger partial charge in [-0.3, -0.25) is 14.3 Å². The summed E-state index contributed by atoms with van der Waals surface area (Å²) in [5.74, 6) is -0.742. The second-order valence-corrected chi connectivity index (χ2v) is 6.69. The van der Waals surface area contributed by atoms with Gasteiger partial charge in [-0.15, -0.1) is 11.8 Å². The fourth-order valence-electron chi connectivity index (χ4n) is 2.66. The molecule has 2 fully saturated rings. The molecule has 0 amide bonds. The van der Waals surface area contributed by atoms with E-state index in [1.54, 1.807) is 13.8 Å². The minimum absolute atomic E-state index is 0.0557. The summed E-state index contributed by atoms with van der Waals surface area (Å²) in [6, 6.07) is 1.30. The van der Waals surface area contributed by atoms with Crippen molar-refractivity contribution in [1.29, 1.82) is 0 Å². The molecule has 1 aromatic heterocycles. The van der Waals surface area contributed by atoms with Gasteiger partial charge in [0.15, 0.2) is 5.79 Å². The van der Waals surface area contributed by atoms with Gasteiger partial charge in [0.25, 0.3) is 5.56 Å². The average Bonchev–Trinajstić information content (AvgIpc) is 2.83. The van der Waals surface area contributed by atoms with Gasteiger partial charge in [-0.25, -0.2) is 4.79 Å². The quantitative estimate of drug-likeness (QED) is 0.776. The summed E-state index contributed by atoms with van der Waals surface area (Å²) >= 11 is 1.42. The summed E-state index contributed by atoms with van der Waals surface area (Å²) in [6.45, 7) is 3.55. The third-order valence-corrected chi connectivity index (χ3v) is 4.97. The van der Waals surface area contributed by atoms with Crippen LogP contribution in [0, 0.1) is 0 Å². The fraction of sp³-hybridized carbons (Fsp3) is 0.667. The fourth-order valence-corrected chi connectivity index (χ4v) is 4.13. The molecule has 2 aliphatic rings. The number of aliphatic hydroxyl groups is 1. The number of hydrogen-bond acceptors (Lipinski definition) is 6. The van der Waals surface area contributed by atoms with Crippen LogP contribution in [0.15, 0.2) is 21.9 Å². The molecule has 0 aliphatic carbocycles. The van der Waals surface area contributed by atoms with Crippen molar-refractivity contribution in [3.8, 4) is 0 Å². The number of rotatable bonds is 2. The SMILES string of the molecule is CC1(C)O[C@@H]2[C@H](O1)[C@@H](CO)S[C@H]2n1ccc(=O)[nH]c1=O. The van der Waals surface area contributed by atoms with Crippen LogP contribution in [-0.4, -0.2) is 44.5 Å². The van der Waals surface area contributed by atoms with Gasteiger partial charge < -0.3 is 14.6 Å². The second kappa shape index (κ2) is 4.73. The Morgan fingerprint density at radius 2 is 2.10 bits per heavy atom. The number of aliphatic hydroxyl groups excluding tert-OH is 1. The zero-order valence-electron chi connectivity index (χ0n) is 11.1. The van der Waals surface area contributed by atoms with Crippen LogP contribution in [0.1, 0.15) is 19.2 Å². The van der Waals surface area contributed by atoms with Crippen LogP contribution in [0.5, 0.6) is 0 Å². The molecule has 1 aromatic rings. The predicted octanol–water partition coefficient (Wildman–Crippen LogP) is -0.337. The van der Waals surface area contributed by atoms with Crippen LogP contribution in [0.25, 0.3) is 0 Å². The van der Waals surface area contributed by atoms with Crippen LogP contribution >= 0.6 is 11.8 Å². The Morgan fingerprint density at radius 3 is 2.75 bits per heavy atom. The predicted molar refractivity (Wildman–Crippen MR) is 72.6 cm³/mol. The first kappa shape index (κ1) is 13.9. The van der Waals surface area contributed by atoms with Crippen molar-refractivity contribution in [2.45, 2.75) is 42.5 Å². The van der Waals surface area contributed by atoms with Gasteiger partial charge in [0, 0.05) is 12.3 Å². The maximum Gasteiger partial charge on any atom is 0.329 e. The Kier molecular flexibility index (Phi) is 3.28. The molecule has 0 radical (unpaired) electrons. The van der Waals surface area contributed by atoms with E-state index >= 15 is 0 Å². The largest absolute Gasteiger partial charge is 0.395 e. The van der Waals surface area contributed by atoms with Crippen LogP contribution < -0.4 is 11.2 Å². The van der Waals surface area contributed by atoms with Gasteiger partial charge in [-0.05, 0) is 13.8 Å². The molecule has 20 heavy (non-hydrogen) atoms. The van der Waals surface area contributed by atoms with E-state index in [0.717, 1.165) is 0 Å². The van der Waals surface area contributed by atoms with Crippen molar-refractivity contribution in [1.82, 2.24) is 9.55 Å². The van der Waals surface area contributed by atoms with Crippen LogP contribution in [-0.2, 0) is 9.47 Å². The number of ether oxygens (including phenoxy) is 2. The number of fused-ring (bicyclic) bond motifs is 1. The van der Waals surface area contributed by atoms with E-state index < -0.39 is 17.0 Å². The number of thioether (sulfide) groups is 1. The molecule has 2 saturated heterocycles. The number of hydrogen-bond donors (Lipinski definition) is 2. The van der Waals surface area contributed by atoms with Gasteiger partial charge in [0.05, 0.1) is 11.9 Å². The molecule has 4 atom stereocenters. The Morgan fingerprint density at radius 1 is 1.40 bits per heavy atom. The molecule has 2 N–H and O–H groups in total. The molecule has 0 saturated carbocycles. The zero-order chi connectivity index (χ0) is 14.5. The van der Waals surface area contributed by atoms with Crippen molar-refractivity contribution in [2.75, 3.05) is 6.61 Å². The normalized spacial score (nSPS) is 35.1. The molecule has 0 aromatic carbocycles. The average molecular weight is 300 g/mol. The van der Waals surface area contributed by atoms with Crippen molar-refractivity contribution in [3.63, 3.8) is 0 Å². The summed E-state index contributed by atoms with van der Waals surface area (Å²) in [6.07, 6.45) is 0.837. The number of nitrogens with zero attached hydrogens (tertiary/aromatic N) is 1. The highest BCUT2D eigenvalue weighted by atomic mass is 32.2. The number of H-pyrrole nitrogens is 1. The third kappa shape index (κ3) is 2.22. The summed E-state index contributed by atoms with van der Waals surface area (Å²) in [4.78, 5) is 25.3. The Bertz CT molecular complexity index is 625. The van der Waals surface area contributed by atoms with E-state index in [4.69, 9.17) is 9.47 Å². The lowest BCUT2D eigenvalue weighted by molar-refractivity contribution is -0.149. The lowest BCUT2D eigenvalue weighted by atomic mass is 10.1. The van der Waals surface area contributed by atoms with E-state index in [9.17, 15) is 14.7 Å². The number of aromatic nitrogens is 2. The van der Waals surface area contributed by atoms with E-state index in [2.05, 4.69) is 4.98 Å². The lowest BCUT2D eigenvalue weighted by Crippen LogP contribution is -2.36. The maximum atomic E-state index is 11.9. The smallest absolute Gasteiger partial charge is 0.329 e. The van der Waals surface area contributed by atoms with Gasteiger partial charge in [0.1, 0.15) is 17.6 Å². The Hall–Kier alpha value is -1.09. The first-order valence-corrected chi connectivity index (χ1v) is 7.29. The summed E-state index contributed by atoms with van der Waals surface area (Å²) in [7, 11) is 0. The first-order valence-electron chi connectivity index (χ1n) is 6.35. The molecule has 8 heteroatoms. The van der Waals surface area contributed by atoms with E-state index in [1.807, 2.05) is 0 Å². The van der Waals surface area contributed by atoms with E-state index in [-0.39, 0.29) is 29.4 Å². The minimum Gasteiger partial charge on any atom is -0.395 e. The third-order valence-electron chi connectivity index (χ3n) is 3.43. The molecule has 2 aliphatic heterocycles. The highest BCUT2D eigenvalue weighted by Gasteiger charge is 2.55. The Labute approximate surface area is 118 Å². The zero-order valence-corrected chi connectivity index (χ0v) is 11.9. The van der Waals surface area contributed by atoms with Gasteiger partial charge in [0.2, 0.25) is 0 Å². The summed E-state index contributed by atoms with van der Waals surface area (Å²) < 4.78 is 13.1. The van der Waals surface area contributed by atoms with Crippen molar-refractivity contribution < 1.29 is 14.6 Å². The van der Waals surface area contributed by atoms with Crippen LogP contribution in [0.2, 0.25) is 0 Å². The maximum absolute atomic E-state index is 11.9. The molecule has 3 rings (SSSR count). The van der Waals surface area contributed by atoms with E-state index in [0.29, 0.717) is 0 Å². The van der Waals surface area contributed by atoms with Crippen molar-refractivity contribution >= 4 is 11.8 Å². The van der Waals surface area contributed by atoms with Crippen LogP contribution in [0.3, 0.4) is 0 Å². The molecule has 0 bridgehead atoms. The Balaban J connectivity index is 1.98. The summed E-state index contributed by atoms with van der Waals surface area (Å²) in [5.41, 5.74) is -0.922. The molecule has 3 heterocycles. The number of nitrogens with one attached hydrogen (secondary N) is 1. The van der Waals surface area contributed by atoms with Crippen molar-refractivity contribution in [2.24, 2.45) is 0 Å². The highest BCUT2D eigenvalue weighted by Crippen LogP contribution is 2.50. The standard InChI is InChI=1S/C12H16N2O5S/c1-12(2)18-8-6(5-15)20-10(9(8)19-12)14-4-3-7(16)13-11(14)17/h3-4,6,8-10,15H,5H2,1-2H3,(H,13,16,17)/t6-,8-,9-,10-/m1/s1. The van der Waals surface area contributed by atoms with Gasteiger partial charge >= 0.3 is 5.69 Å². The first-order chi connectivity index (χ1) is 9.41. The molecule has 0 spiro atoms. The van der Waals surface area contributed by atoms with Gasteiger partial charge in [-0.1, -0.05) is 0 Å².